The van der Waals surface area contributed by atoms with Crippen molar-refractivity contribution in [3.63, 3.8) is 0 Å². The lowest BCUT2D eigenvalue weighted by atomic mass is 10.2. The lowest BCUT2D eigenvalue weighted by Crippen LogP contribution is -2.06. The van der Waals surface area contributed by atoms with Gasteiger partial charge in [-0.3, -0.25) is 10.1 Å². The number of aromatic nitrogens is 1. The van der Waals surface area contributed by atoms with Crippen molar-refractivity contribution in [2.45, 2.75) is 6.92 Å². The molecule has 13 heavy (non-hydrogen) atoms. The largest absolute Gasteiger partial charge is 0.476 e. The van der Waals surface area contributed by atoms with Crippen molar-refractivity contribution in [1.29, 1.82) is 0 Å². The molecule has 0 aliphatic carbocycles. The third-order valence-corrected chi connectivity index (χ3v) is 1.51. The third kappa shape index (κ3) is 1.61. The van der Waals surface area contributed by atoms with Crippen LogP contribution in [0, 0.1) is 17.0 Å². The van der Waals surface area contributed by atoms with Crippen molar-refractivity contribution in [3.05, 3.63) is 33.6 Å². The molecule has 0 bridgehead atoms. The van der Waals surface area contributed by atoms with E-state index in [9.17, 15) is 14.9 Å². The maximum absolute atomic E-state index is 10.5. The van der Waals surface area contributed by atoms with Crippen molar-refractivity contribution >= 4 is 11.7 Å². The van der Waals surface area contributed by atoms with Gasteiger partial charge < -0.3 is 5.11 Å². The molecule has 0 unspecified atom stereocenters. The summed E-state index contributed by atoms with van der Waals surface area (Å²) in [4.78, 5) is 23.6. The van der Waals surface area contributed by atoms with E-state index in [4.69, 9.17) is 5.11 Å². The number of hydrogen-bond acceptors (Lipinski definition) is 4. The summed E-state index contributed by atoms with van der Waals surface area (Å²) >= 11 is 0. The highest BCUT2D eigenvalue weighted by Gasteiger charge is 2.23. The maximum atomic E-state index is 10.5. The molecule has 1 aromatic heterocycles. The van der Waals surface area contributed by atoms with E-state index in [1.54, 1.807) is 0 Å². The van der Waals surface area contributed by atoms with E-state index in [1.807, 2.05) is 0 Å². The minimum Gasteiger partial charge on any atom is -0.476 e. The maximum Gasteiger partial charge on any atom is 0.361 e. The van der Waals surface area contributed by atoms with Gasteiger partial charge in [-0.1, -0.05) is 0 Å². The molecule has 6 nitrogen and oxygen atoms in total. The van der Waals surface area contributed by atoms with Crippen molar-refractivity contribution in [2.75, 3.05) is 0 Å². The molecule has 6 heteroatoms. The molecule has 0 aliphatic rings. The van der Waals surface area contributed by atoms with Crippen LogP contribution in [0.25, 0.3) is 0 Å². The van der Waals surface area contributed by atoms with Gasteiger partial charge in [0.15, 0.2) is 0 Å². The number of carboxylic acids is 1. The average Bonchev–Trinajstić information content (AvgIpc) is 2.02. The molecular formula is C7H6N2O4. The molecule has 1 heterocycles. The predicted molar refractivity (Wildman–Crippen MR) is 42.6 cm³/mol. The van der Waals surface area contributed by atoms with Crippen LogP contribution in [-0.2, 0) is 0 Å². The minimum absolute atomic E-state index is 0.289. The van der Waals surface area contributed by atoms with Crippen molar-refractivity contribution in [3.8, 4) is 0 Å². The van der Waals surface area contributed by atoms with Crippen molar-refractivity contribution in [2.24, 2.45) is 0 Å². The highest BCUT2D eigenvalue weighted by atomic mass is 16.6. The monoisotopic (exact) mass is 182 g/mol. The number of hydrogen-bond donors (Lipinski definition) is 1. The van der Waals surface area contributed by atoms with Gasteiger partial charge in [-0.25, -0.2) is 9.78 Å². The second kappa shape index (κ2) is 3.18. The average molecular weight is 182 g/mol. The molecule has 0 saturated carbocycles. The Morgan fingerprint density at radius 2 is 2.31 bits per heavy atom. The third-order valence-electron chi connectivity index (χ3n) is 1.51. The van der Waals surface area contributed by atoms with Crippen LogP contribution in [0.5, 0.6) is 0 Å². The molecule has 0 saturated heterocycles. The first-order valence-electron chi connectivity index (χ1n) is 3.37. The van der Waals surface area contributed by atoms with Gasteiger partial charge in [-0.2, -0.15) is 0 Å². The van der Waals surface area contributed by atoms with Gasteiger partial charge >= 0.3 is 11.7 Å². The Morgan fingerprint density at radius 3 is 2.69 bits per heavy atom. The summed E-state index contributed by atoms with van der Waals surface area (Å²) in [6.07, 6.45) is 1.23. The highest BCUT2D eigenvalue weighted by molar-refractivity contribution is 5.90. The van der Waals surface area contributed by atoms with Gasteiger partial charge in [0.2, 0.25) is 5.69 Å². The van der Waals surface area contributed by atoms with E-state index in [0.717, 1.165) is 0 Å². The number of carboxylic acid groups (broad SMARTS) is 1. The number of nitro groups is 1. The molecule has 1 N–H and O–H groups in total. The Hall–Kier alpha value is -1.98. The molecule has 0 aromatic carbocycles. The van der Waals surface area contributed by atoms with Crippen LogP contribution in [0.1, 0.15) is 16.1 Å². The molecule has 0 atom stereocenters. The SMILES string of the molecule is Cc1ccnc(C(=O)O)c1[N+](=O)[O-]. The number of rotatable bonds is 2. The number of carbonyl (C=O) groups is 1. The molecule has 1 rings (SSSR count). The summed E-state index contributed by atoms with van der Waals surface area (Å²) in [7, 11) is 0. The molecule has 1 aromatic rings. The summed E-state index contributed by atoms with van der Waals surface area (Å²) in [6, 6.07) is 1.39. The van der Waals surface area contributed by atoms with Gasteiger partial charge in [0, 0.05) is 11.8 Å². The summed E-state index contributed by atoms with van der Waals surface area (Å²) in [5.41, 5.74) is -0.683. The molecule has 0 aliphatic heterocycles. The van der Waals surface area contributed by atoms with E-state index in [1.165, 1.54) is 19.2 Å². The van der Waals surface area contributed by atoms with Crippen LogP contribution in [0.3, 0.4) is 0 Å². The lowest BCUT2D eigenvalue weighted by Gasteiger charge is -1.98. The van der Waals surface area contributed by atoms with Gasteiger partial charge in [0.1, 0.15) is 0 Å². The number of pyridine rings is 1. The zero-order valence-electron chi connectivity index (χ0n) is 6.72. The van der Waals surface area contributed by atoms with Gasteiger partial charge in [-0.15, -0.1) is 0 Å². The molecule has 0 radical (unpaired) electrons. The fourth-order valence-corrected chi connectivity index (χ4v) is 0.937. The minimum atomic E-state index is -1.39. The second-order valence-electron chi connectivity index (χ2n) is 2.39. The van der Waals surface area contributed by atoms with Crippen LogP contribution < -0.4 is 0 Å². The van der Waals surface area contributed by atoms with Crippen LogP contribution in [0.2, 0.25) is 0 Å². The van der Waals surface area contributed by atoms with Crippen LogP contribution in [-0.4, -0.2) is 21.0 Å². The quantitative estimate of drug-likeness (QED) is 0.543. The second-order valence-corrected chi connectivity index (χ2v) is 2.39. The Labute approximate surface area is 73.0 Å². The summed E-state index contributed by atoms with van der Waals surface area (Å²) < 4.78 is 0. The lowest BCUT2D eigenvalue weighted by molar-refractivity contribution is -0.386. The molecular weight excluding hydrogens is 176 g/mol. The smallest absolute Gasteiger partial charge is 0.361 e. The summed E-state index contributed by atoms with van der Waals surface area (Å²) in [5.74, 6) is -1.39. The number of nitrogens with zero attached hydrogens (tertiary/aromatic N) is 2. The summed E-state index contributed by atoms with van der Waals surface area (Å²) in [5, 5.41) is 19.0. The predicted octanol–water partition coefficient (Wildman–Crippen LogP) is 0.996. The molecule has 0 spiro atoms. The Balaban J connectivity index is 3.43. The Bertz CT molecular complexity index is 375. The van der Waals surface area contributed by atoms with E-state index in [2.05, 4.69) is 4.98 Å². The zero-order chi connectivity index (χ0) is 10.0. The Morgan fingerprint density at radius 1 is 1.69 bits per heavy atom. The van der Waals surface area contributed by atoms with E-state index in [0.29, 0.717) is 0 Å². The van der Waals surface area contributed by atoms with Gasteiger partial charge in [0.25, 0.3) is 0 Å². The normalized spacial score (nSPS) is 9.62. The van der Waals surface area contributed by atoms with Crippen molar-refractivity contribution < 1.29 is 14.8 Å². The first-order chi connectivity index (χ1) is 6.04. The molecule has 0 amide bonds. The summed E-state index contributed by atoms with van der Waals surface area (Å²) in [6.45, 7) is 1.46. The van der Waals surface area contributed by atoms with Crippen LogP contribution in [0.15, 0.2) is 12.3 Å². The van der Waals surface area contributed by atoms with Crippen LogP contribution >= 0.6 is 0 Å². The topological polar surface area (TPSA) is 93.3 Å². The standard InChI is InChI=1S/C7H6N2O4/c1-4-2-3-8-5(7(10)11)6(4)9(12)13/h2-3H,1H3,(H,10,11). The fraction of sp³-hybridized carbons (Fsp3) is 0.143. The highest BCUT2D eigenvalue weighted by Crippen LogP contribution is 2.20. The first-order valence-corrected chi connectivity index (χ1v) is 3.37. The number of aryl methyl sites for hydroxylation is 1. The zero-order valence-corrected chi connectivity index (χ0v) is 6.72. The Kier molecular flexibility index (Phi) is 2.23. The van der Waals surface area contributed by atoms with Crippen molar-refractivity contribution in [1.82, 2.24) is 4.98 Å². The van der Waals surface area contributed by atoms with Crippen LogP contribution in [0.4, 0.5) is 5.69 Å². The molecule has 68 valence electrons. The van der Waals surface area contributed by atoms with Gasteiger partial charge in [-0.05, 0) is 13.0 Å². The first kappa shape index (κ1) is 9.11. The van der Waals surface area contributed by atoms with Gasteiger partial charge in [0.05, 0.1) is 4.92 Å². The fourth-order valence-electron chi connectivity index (χ4n) is 0.937. The van der Waals surface area contributed by atoms with E-state index in [-0.39, 0.29) is 5.56 Å². The van der Waals surface area contributed by atoms with E-state index >= 15 is 0 Å². The number of aromatic carboxylic acids is 1. The van der Waals surface area contributed by atoms with E-state index < -0.39 is 22.3 Å². The molecule has 0 fully saturated rings.